The molecule has 1 unspecified atom stereocenters. The molecule has 2 fully saturated rings. The zero-order valence-electron chi connectivity index (χ0n) is 22.8. The predicted octanol–water partition coefficient (Wildman–Crippen LogP) is 5.09. The summed E-state index contributed by atoms with van der Waals surface area (Å²) in [6.45, 7) is 5.55. The molecule has 38 heavy (non-hydrogen) atoms. The summed E-state index contributed by atoms with van der Waals surface area (Å²) in [5.74, 6) is 0.111. The van der Waals surface area contributed by atoms with Crippen molar-refractivity contribution in [1.29, 1.82) is 0 Å². The number of piperazine rings is 1. The van der Waals surface area contributed by atoms with Crippen LogP contribution in [-0.4, -0.2) is 64.4 Å². The smallest absolute Gasteiger partial charge is 0.246 e. The van der Waals surface area contributed by atoms with Crippen LogP contribution in [0.5, 0.6) is 0 Å². The Morgan fingerprint density at radius 1 is 0.895 bits per heavy atom. The molecule has 3 heterocycles. The number of amides is 2. The lowest BCUT2D eigenvalue weighted by molar-refractivity contribution is -0.161. The standard InChI is InChI=1S/C32H42N4O2/c1-2-19-36-30(37)29(23-26-24-33-28-16-10-9-15-27(26)28)34-31(38)32(36)17-21-35(22-18-32)20-11-4-3-6-12-25-13-7-5-8-14-25/h5,7-10,13-16,24,29,33H,2-4,6,11-12,17-23H2,1H3,(H,34,38). The van der Waals surface area contributed by atoms with E-state index < -0.39 is 11.6 Å². The van der Waals surface area contributed by atoms with E-state index in [1.165, 1.54) is 31.2 Å². The average Bonchev–Trinajstić information content (AvgIpc) is 3.36. The molecule has 2 aliphatic rings. The Bertz CT molecular complexity index is 1210. The number of hydrogen-bond acceptors (Lipinski definition) is 3. The van der Waals surface area contributed by atoms with Crippen molar-refractivity contribution in [2.45, 2.75) is 76.3 Å². The molecule has 2 amide bonds. The summed E-state index contributed by atoms with van der Waals surface area (Å²) in [6.07, 6.45) is 10.9. The number of aryl methyl sites for hydroxylation is 1. The maximum atomic E-state index is 13.7. The lowest BCUT2D eigenvalue weighted by Crippen LogP contribution is -2.73. The van der Waals surface area contributed by atoms with Gasteiger partial charge in [0.15, 0.2) is 0 Å². The van der Waals surface area contributed by atoms with Gasteiger partial charge in [-0.2, -0.15) is 0 Å². The molecule has 0 bridgehead atoms. The molecule has 1 atom stereocenters. The third-order valence-corrected chi connectivity index (χ3v) is 8.57. The van der Waals surface area contributed by atoms with E-state index in [1.807, 2.05) is 29.3 Å². The van der Waals surface area contributed by atoms with Gasteiger partial charge in [0, 0.05) is 43.2 Å². The van der Waals surface area contributed by atoms with Gasteiger partial charge in [-0.15, -0.1) is 0 Å². The second-order valence-corrected chi connectivity index (χ2v) is 11.1. The molecule has 0 radical (unpaired) electrons. The van der Waals surface area contributed by atoms with Crippen molar-refractivity contribution in [2.75, 3.05) is 26.2 Å². The minimum Gasteiger partial charge on any atom is -0.361 e. The maximum absolute atomic E-state index is 13.7. The number of para-hydroxylation sites is 1. The first-order valence-corrected chi connectivity index (χ1v) is 14.5. The number of likely N-dealkylation sites (tertiary alicyclic amines) is 1. The summed E-state index contributed by atoms with van der Waals surface area (Å²) in [5.41, 5.74) is 2.86. The lowest BCUT2D eigenvalue weighted by Gasteiger charge is -2.51. The highest BCUT2D eigenvalue weighted by molar-refractivity contribution is 6.00. The molecule has 0 saturated carbocycles. The van der Waals surface area contributed by atoms with Crippen molar-refractivity contribution in [1.82, 2.24) is 20.1 Å². The van der Waals surface area contributed by atoms with Crippen LogP contribution in [-0.2, 0) is 22.4 Å². The molecule has 202 valence electrons. The monoisotopic (exact) mass is 514 g/mol. The minimum absolute atomic E-state index is 0.0379. The number of carbonyl (C=O) groups is 2. The Morgan fingerprint density at radius 2 is 1.63 bits per heavy atom. The zero-order chi connectivity index (χ0) is 26.4. The number of nitrogens with zero attached hydrogens (tertiary/aromatic N) is 2. The van der Waals surface area contributed by atoms with Crippen molar-refractivity contribution in [3.8, 4) is 0 Å². The van der Waals surface area contributed by atoms with Gasteiger partial charge in [-0.05, 0) is 62.3 Å². The molecule has 3 aromatic rings. The van der Waals surface area contributed by atoms with Gasteiger partial charge in [-0.1, -0.05) is 68.3 Å². The Hall–Kier alpha value is -3.12. The number of aromatic nitrogens is 1. The van der Waals surface area contributed by atoms with Crippen LogP contribution in [0, 0.1) is 0 Å². The summed E-state index contributed by atoms with van der Waals surface area (Å²) >= 11 is 0. The van der Waals surface area contributed by atoms with Crippen molar-refractivity contribution in [3.63, 3.8) is 0 Å². The number of aromatic amines is 1. The number of rotatable bonds is 11. The van der Waals surface area contributed by atoms with E-state index in [0.29, 0.717) is 13.0 Å². The van der Waals surface area contributed by atoms with E-state index in [4.69, 9.17) is 0 Å². The molecule has 6 nitrogen and oxygen atoms in total. The summed E-state index contributed by atoms with van der Waals surface area (Å²) in [5, 5.41) is 4.27. The van der Waals surface area contributed by atoms with Crippen molar-refractivity contribution in [3.05, 3.63) is 71.9 Å². The van der Waals surface area contributed by atoms with E-state index >= 15 is 0 Å². The molecule has 0 aliphatic carbocycles. The fourth-order valence-electron chi connectivity index (χ4n) is 6.39. The first-order valence-electron chi connectivity index (χ1n) is 14.5. The molecule has 2 aliphatic heterocycles. The van der Waals surface area contributed by atoms with Crippen LogP contribution in [0.3, 0.4) is 0 Å². The fraction of sp³-hybridized carbons (Fsp3) is 0.500. The van der Waals surface area contributed by atoms with Gasteiger partial charge in [0.05, 0.1) is 0 Å². The Kier molecular flexibility index (Phi) is 8.48. The Morgan fingerprint density at radius 3 is 2.42 bits per heavy atom. The number of fused-ring (bicyclic) bond motifs is 1. The summed E-state index contributed by atoms with van der Waals surface area (Å²) in [6, 6.07) is 18.3. The molecule has 5 rings (SSSR count). The third kappa shape index (κ3) is 5.65. The number of nitrogens with one attached hydrogen (secondary N) is 2. The van der Waals surface area contributed by atoms with E-state index in [0.717, 1.165) is 61.8 Å². The van der Waals surface area contributed by atoms with Gasteiger partial charge in [0.25, 0.3) is 0 Å². The van der Waals surface area contributed by atoms with Crippen LogP contribution < -0.4 is 5.32 Å². The van der Waals surface area contributed by atoms with Gasteiger partial charge in [0.1, 0.15) is 11.6 Å². The van der Waals surface area contributed by atoms with Crippen LogP contribution in [0.25, 0.3) is 10.9 Å². The van der Waals surface area contributed by atoms with Gasteiger partial charge in [-0.25, -0.2) is 0 Å². The van der Waals surface area contributed by atoms with Crippen LogP contribution >= 0.6 is 0 Å². The normalized spacial score (nSPS) is 19.8. The number of piperidine rings is 1. The van der Waals surface area contributed by atoms with E-state index in [2.05, 4.69) is 58.5 Å². The predicted molar refractivity (Wildman–Crippen MR) is 153 cm³/mol. The number of H-pyrrole nitrogens is 1. The van der Waals surface area contributed by atoms with Gasteiger partial charge in [0.2, 0.25) is 11.8 Å². The highest BCUT2D eigenvalue weighted by atomic mass is 16.2. The minimum atomic E-state index is -0.698. The Balaban J connectivity index is 1.13. The summed E-state index contributed by atoms with van der Waals surface area (Å²) in [4.78, 5) is 35.1. The molecule has 2 aromatic carbocycles. The number of carbonyl (C=O) groups excluding carboxylic acids is 2. The molecule has 1 aromatic heterocycles. The molecule has 1 spiro atoms. The van der Waals surface area contributed by atoms with Crippen molar-refractivity contribution >= 4 is 22.7 Å². The summed E-state index contributed by atoms with van der Waals surface area (Å²) in [7, 11) is 0. The largest absolute Gasteiger partial charge is 0.361 e. The quantitative estimate of drug-likeness (QED) is 0.351. The van der Waals surface area contributed by atoms with Crippen LogP contribution in [0.1, 0.15) is 63.0 Å². The van der Waals surface area contributed by atoms with E-state index in [-0.39, 0.29) is 11.8 Å². The highest BCUT2D eigenvalue weighted by Gasteiger charge is 2.53. The van der Waals surface area contributed by atoms with Crippen LogP contribution in [0.4, 0.5) is 0 Å². The molecular weight excluding hydrogens is 472 g/mol. The number of benzene rings is 2. The number of unbranched alkanes of at least 4 members (excludes halogenated alkanes) is 3. The molecule has 2 saturated heterocycles. The average molecular weight is 515 g/mol. The maximum Gasteiger partial charge on any atom is 0.246 e. The molecule has 2 N–H and O–H groups in total. The third-order valence-electron chi connectivity index (χ3n) is 8.57. The topological polar surface area (TPSA) is 68.4 Å². The van der Waals surface area contributed by atoms with Gasteiger partial charge >= 0.3 is 0 Å². The van der Waals surface area contributed by atoms with Crippen LogP contribution in [0.2, 0.25) is 0 Å². The molecule has 6 heteroatoms. The zero-order valence-corrected chi connectivity index (χ0v) is 22.8. The highest BCUT2D eigenvalue weighted by Crippen LogP contribution is 2.34. The van der Waals surface area contributed by atoms with Gasteiger partial charge in [-0.3, -0.25) is 9.59 Å². The van der Waals surface area contributed by atoms with E-state index in [1.54, 1.807) is 0 Å². The van der Waals surface area contributed by atoms with Crippen LogP contribution in [0.15, 0.2) is 60.8 Å². The van der Waals surface area contributed by atoms with Gasteiger partial charge < -0.3 is 20.1 Å². The number of hydrogen-bond donors (Lipinski definition) is 2. The van der Waals surface area contributed by atoms with Crippen molar-refractivity contribution in [2.24, 2.45) is 0 Å². The Labute approximate surface area is 226 Å². The first kappa shape index (κ1) is 26.5. The van der Waals surface area contributed by atoms with E-state index in [9.17, 15) is 9.59 Å². The fourth-order valence-corrected chi connectivity index (χ4v) is 6.39. The SMILES string of the molecule is CCCN1C(=O)C(Cc2c[nH]c3ccccc23)NC(=O)C12CCN(CCCCCCc1ccccc1)CC2. The summed E-state index contributed by atoms with van der Waals surface area (Å²) < 4.78 is 0. The second kappa shape index (κ2) is 12.2. The first-order chi connectivity index (χ1) is 18.6. The molecular formula is C32H42N4O2. The lowest BCUT2D eigenvalue weighted by atomic mass is 9.81. The van der Waals surface area contributed by atoms with Crippen molar-refractivity contribution < 1.29 is 9.59 Å². The second-order valence-electron chi connectivity index (χ2n) is 11.1.